The second kappa shape index (κ2) is 14.8. The van der Waals surface area contributed by atoms with Gasteiger partial charge in [-0.25, -0.2) is 13.8 Å². The molecule has 1 amide bonds. The van der Waals surface area contributed by atoms with Crippen LogP contribution in [0.3, 0.4) is 0 Å². The largest absolute Gasteiger partial charge is 0.466 e. The number of halogens is 2. The van der Waals surface area contributed by atoms with Crippen molar-refractivity contribution >= 4 is 22.8 Å². The van der Waals surface area contributed by atoms with Crippen LogP contribution in [0.2, 0.25) is 0 Å². The number of nitrogens with zero attached hydrogens (tertiary/aromatic N) is 2. The molecule has 3 heterocycles. The fourth-order valence-electron chi connectivity index (χ4n) is 6.80. The summed E-state index contributed by atoms with van der Waals surface area (Å²) in [5.41, 5.74) is 3.23. The van der Waals surface area contributed by atoms with Gasteiger partial charge in [0.15, 0.2) is 11.6 Å². The number of esters is 1. The Hall–Kier alpha value is -5.03. The smallest absolute Gasteiger partial charge is 0.306 e. The van der Waals surface area contributed by atoms with Gasteiger partial charge in [0.25, 0.3) is 0 Å². The number of aliphatic hydroxyl groups excluding tert-OH is 1. The number of likely N-dealkylation sites (N-methyl/N-ethyl adjacent to an activating group) is 1. The average Bonchev–Trinajstić information content (AvgIpc) is 3.78. The van der Waals surface area contributed by atoms with Crippen LogP contribution in [0.4, 0.5) is 8.78 Å². The van der Waals surface area contributed by atoms with E-state index in [1.807, 2.05) is 18.2 Å². The van der Waals surface area contributed by atoms with E-state index in [9.17, 15) is 14.7 Å². The topological polar surface area (TPSA) is 121 Å². The van der Waals surface area contributed by atoms with Gasteiger partial charge >= 0.3 is 5.97 Å². The number of aliphatic hydroxyl groups is 1. The predicted octanol–water partition coefficient (Wildman–Crippen LogP) is 7.37. The molecule has 0 saturated heterocycles. The summed E-state index contributed by atoms with van der Waals surface area (Å²) < 4.78 is 42.3. The summed E-state index contributed by atoms with van der Waals surface area (Å²) in [6.07, 6.45) is 5.26. The molecule has 2 atom stereocenters. The quantitative estimate of drug-likeness (QED) is 0.166. The van der Waals surface area contributed by atoms with Gasteiger partial charge in [0.1, 0.15) is 17.4 Å². The first-order valence-corrected chi connectivity index (χ1v) is 17.0. The molecule has 2 aromatic heterocycles. The summed E-state index contributed by atoms with van der Waals surface area (Å²) in [5, 5.41) is 11.7. The number of rotatable bonds is 5. The van der Waals surface area contributed by atoms with Crippen molar-refractivity contribution in [1.82, 2.24) is 19.9 Å². The zero-order chi connectivity index (χ0) is 35.4. The van der Waals surface area contributed by atoms with Crippen LogP contribution in [0.15, 0.2) is 67.0 Å². The first kappa shape index (κ1) is 34.8. The molecular formula is C39H42F2N4O5. The van der Waals surface area contributed by atoms with Crippen molar-refractivity contribution in [3.63, 3.8) is 0 Å². The lowest BCUT2D eigenvalue weighted by Crippen LogP contribution is -2.34. The Morgan fingerprint density at radius 1 is 1.14 bits per heavy atom. The number of aromatic nitrogens is 3. The summed E-state index contributed by atoms with van der Waals surface area (Å²) in [4.78, 5) is 37.8. The normalized spacial score (nSPS) is 18.9. The molecule has 0 spiro atoms. The maximum absolute atomic E-state index is 15.6. The third-order valence-electron chi connectivity index (χ3n) is 9.65. The highest BCUT2D eigenvalue weighted by molar-refractivity contribution is 5.86. The highest BCUT2D eigenvalue weighted by Gasteiger charge is 2.32. The van der Waals surface area contributed by atoms with E-state index in [-0.39, 0.29) is 60.6 Å². The number of aryl methyl sites for hydroxylation is 2. The van der Waals surface area contributed by atoms with E-state index in [0.717, 1.165) is 16.8 Å². The molecule has 50 heavy (non-hydrogen) atoms. The van der Waals surface area contributed by atoms with Crippen LogP contribution in [0, 0.1) is 11.6 Å². The monoisotopic (exact) mass is 684 g/mol. The van der Waals surface area contributed by atoms with E-state index >= 15 is 8.78 Å². The Morgan fingerprint density at radius 2 is 1.98 bits per heavy atom. The maximum Gasteiger partial charge on any atom is 0.306 e. The summed E-state index contributed by atoms with van der Waals surface area (Å²) in [6.45, 7) is 4.31. The van der Waals surface area contributed by atoms with Crippen LogP contribution in [-0.4, -0.2) is 63.1 Å². The molecule has 0 aliphatic carbocycles. The number of benzene rings is 3. The minimum absolute atomic E-state index is 0.0430. The van der Waals surface area contributed by atoms with E-state index in [2.05, 4.69) is 27.9 Å². The molecule has 0 radical (unpaired) electrons. The van der Waals surface area contributed by atoms with Crippen molar-refractivity contribution < 1.29 is 33.0 Å². The number of H-pyrrole nitrogens is 2. The molecule has 4 bridgehead atoms. The highest BCUT2D eigenvalue weighted by Crippen LogP contribution is 2.40. The Bertz CT molecular complexity index is 2010. The minimum Gasteiger partial charge on any atom is -0.466 e. The molecule has 9 nitrogen and oxygen atoms in total. The van der Waals surface area contributed by atoms with Crippen molar-refractivity contribution in [2.24, 2.45) is 0 Å². The molecule has 11 heteroatoms. The number of amides is 1. The lowest BCUT2D eigenvalue weighted by atomic mass is 9.75. The van der Waals surface area contributed by atoms with E-state index in [1.54, 1.807) is 32.4 Å². The number of hydrogen-bond acceptors (Lipinski definition) is 6. The zero-order valence-corrected chi connectivity index (χ0v) is 28.5. The van der Waals surface area contributed by atoms with Crippen molar-refractivity contribution in [2.45, 2.75) is 70.3 Å². The Morgan fingerprint density at radius 3 is 2.80 bits per heavy atom. The summed E-state index contributed by atoms with van der Waals surface area (Å²) >= 11 is 0. The van der Waals surface area contributed by atoms with Gasteiger partial charge in [-0.05, 0) is 81.3 Å². The highest BCUT2D eigenvalue weighted by atomic mass is 19.1. The number of carbonyl (C=O) groups is 2. The van der Waals surface area contributed by atoms with Gasteiger partial charge in [0.05, 0.1) is 18.3 Å². The van der Waals surface area contributed by atoms with Gasteiger partial charge in [-0.15, -0.1) is 0 Å². The molecule has 0 saturated carbocycles. The summed E-state index contributed by atoms with van der Waals surface area (Å²) in [5.74, 6) is -1.18. The molecular weight excluding hydrogens is 642 g/mol. The van der Waals surface area contributed by atoms with E-state index < -0.39 is 23.2 Å². The van der Waals surface area contributed by atoms with Crippen LogP contribution in [0.1, 0.15) is 68.3 Å². The van der Waals surface area contributed by atoms with Crippen molar-refractivity contribution in [3.8, 4) is 22.9 Å². The number of hydrogen-bond donors (Lipinski definition) is 3. The molecule has 2 unspecified atom stereocenters. The van der Waals surface area contributed by atoms with Crippen LogP contribution in [-0.2, 0) is 32.6 Å². The SMILES string of the molecule is CCOC(=O)CCc1cccc(C2(C)CCCC(O)CN(C)C(=O)CCc3c(c(F)cc4[nH]ccc34)Oc3ccc(F)c(c3)-c3ncc2[nH]3)c1. The molecule has 3 N–H and O–H groups in total. The Balaban J connectivity index is 1.41. The summed E-state index contributed by atoms with van der Waals surface area (Å²) in [7, 11) is 1.65. The van der Waals surface area contributed by atoms with Gasteiger partial charge in [0.2, 0.25) is 5.91 Å². The average molecular weight is 685 g/mol. The first-order chi connectivity index (χ1) is 24.0. The molecule has 6 rings (SSSR count). The van der Waals surface area contributed by atoms with Crippen molar-refractivity contribution in [2.75, 3.05) is 20.2 Å². The van der Waals surface area contributed by atoms with E-state index in [4.69, 9.17) is 9.47 Å². The summed E-state index contributed by atoms with van der Waals surface area (Å²) in [6, 6.07) is 15.3. The van der Waals surface area contributed by atoms with Crippen LogP contribution in [0.25, 0.3) is 22.3 Å². The minimum atomic E-state index is -0.774. The maximum atomic E-state index is 15.6. The van der Waals surface area contributed by atoms with E-state index in [0.29, 0.717) is 48.8 Å². The number of imidazole rings is 1. The van der Waals surface area contributed by atoms with Crippen molar-refractivity contribution in [3.05, 3.63) is 101 Å². The third kappa shape index (κ3) is 7.42. The number of nitrogens with one attached hydrogen (secondary N) is 2. The van der Waals surface area contributed by atoms with Crippen LogP contribution in [0.5, 0.6) is 11.5 Å². The predicted molar refractivity (Wildman–Crippen MR) is 186 cm³/mol. The molecule has 262 valence electrons. The molecule has 0 fully saturated rings. The van der Waals surface area contributed by atoms with Gasteiger partial charge in [-0.3, -0.25) is 9.59 Å². The third-order valence-corrected chi connectivity index (χ3v) is 9.65. The van der Waals surface area contributed by atoms with E-state index in [1.165, 1.54) is 29.2 Å². The molecule has 1 aliphatic heterocycles. The number of ether oxygens (including phenoxy) is 2. The fraction of sp³-hybridized carbons (Fsp3) is 0.359. The van der Waals surface area contributed by atoms with Crippen LogP contribution < -0.4 is 4.74 Å². The number of carbonyl (C=O) groups excluding carboxylic acids is 2. The standard InChI is InChI=1S/C39H42F2N4O5/c1-4-49-36(48)15-10-24-7-5-8-25(19-24)39(2)17-6-9-26(46)23-45(3)35(47)14-12-29-28-16-18-42-33(28)21-32(41)37(29)50-27-11-13-31(40)30(20-27)38-43-22-34(39)44-38/h5,7-8,11,13,16,18-22,26,42,46H,4,6,9-10,12,14-15,17,23H2,1-3H3,(H,43,44). The lowest BCUT2D eigenvalue weighted by Gasteiger charge is -2.30. The lowest BCUT2D eigenvalue weighted by molar-refractivity contribution is -0.143. The van der Waals surface area contributed by atoms with Gasteiger partial charge < -0.3 is 29.4 Å². The molecule has 3 aromatic carbocycles. The Kier molecular flexibility index (Phi) is 10.3. The van der Waals surface area contributed by atoms with Gasteiger partial charge in [-0.1, -0.05) is 24.3 Å². The zero-order valence-electron chi connectivity index (χ0n) is 28.5. The second-order valence-corrected chi connectivity index (χ2v) is 13.2. The number of β-amino-alcohol motifs (C(OH)–C–C–N with tert-alkyl or cyclic N) is 1. The fourth-order valence-corrected chi connectivity index (χ4v) is 6.80. The van der Waals surface area contributed by atoms with Crippen LogP contribution >= 0.6 is 0 Å². The second-order valence-electron chi connectivity index (χ2n) is 13.2. The Labute approximate surface area is 289 Å². The van der Waals surface area contributed by atoms with Gasteiger partial charge in [0, 0.05) is 72.5 Å². The van der Waals surface area contributed by atoms with Gasteiger partial charge in [-0.2, -0.15) is 0 Å². The number of fused-ring (bicyclic) bond motifs is 8. The number of aromatic amines is 2. The molecule has 1 aliphatic rings. The van der Waals surface area contributed by atoms with Crippen molar-refractivity contribution in [1.29, 1.82) is 0 Å². The first-order valence-electron chi connectivity index (χ1n) is 17.0. The molecule has 5 aromatic rings.